The van der Waals surface area contributed by atoms with Gasteiger partial charge in [-0.05, 0) is 57.5 Å². The van der Waals surface area contributed by atoms with Gasteiger partial charge < -0.3 is 5.73 Å². The summed E-state index contributed by atoms with van der Waals surface area (Å²) in [6.07, 6.45) is 4.16. The molecule has 1 spiro atoms. The van der Waals surface area contributed by atoms with Crippen LogP contribution in [0.4, 0.5) is 0 Å². The first kappa shape index (κ1) is 15.9. The molecule has 0 heterocycles. The van der Waals surface area contributed by atoms with Crippen LogP contribution in [0.25, 0.3) is 16.7 Å². The predicted octanol–water partition coefficient (Wildman–Crippen LogP) is 5.82. The van der Waals surface area contributed by atoms with E-state index in [1.165, 1.54) is 39.0 Å². The molecule has 2 N–H and O–H groups in total. The van der Waals surface area contributed by atoms with E-state index < -0.39 is 0 Å². The Morgan fingerprint density at radius 2 is 1.22 bits per heavy atom. The minimum absolute atomic E-state index is 0.327. The van der Waals surface area contributed by atoms with E-state index in [1.54, 1.807) is 0 Å². The number of hydrogen-bond donors (Lipinski definition) is 1. The normalized spacial score (nSPS) is 17.9. The first-order valence-corrected chi connectivity index (χ1v) is 9.28. The molecule has 1 nitrogen and oxygen atoms in total. The van der Waals surface area contributed by atoms with Crippen molar-refractivity contribution in [1.29, 1.82) is 0 Å². The van der Waals surface area contributed by atoms with Crippen molar-refractivity contribution in [1.82, 2.24) is 0 Å². The summed E-state index contributed by atoms with van der Waals surface area (Å²) >= 11 is 0. The Kier molecular flexibility index (Phi) is 3.29. The topological polar surface area (TPSA) is 26.0 Å². The van der Waals surface area contributed by atoms with E-state index in [9.17, 15) is 0 Å². The zero-order valence-corrected chi connectivity index (χ0v) is 15.4. The van der Waals surface area contributed by atoms with Crippen molar-refractivity contribution in [2.75, 3.05) is 0 Å². The number of nitrogens with two attached hydrogens (primary N) is 1. The zero-order valence-electron chi connectivity index (χ0n) is 15.4. The van der Waals surface area contributed by atoms with Crippen LogP contribution in [-0.4, -0.2) is 0 Å². The van der Waals surface area contributed by atoms with Crippen LogP contribution in [-0.2, 0) is 5.41 Å². The van der Waals surface area contributed by atoms with Gasteiger partial charge in [-0.25, -0.2) is 0 Å². The standard InChI is InChI=1S/C26H21N/c1-17(27)15-16-22-18(2)19-9-3-6-12-23(19)26(22)24-13-7-4-10-20(24)21-11-5-8-14-25(21)26/h3-16H,2,27H2,1H3/b17-15+,22-16+. The van der Waals surface area contributed by atoms with Gasteiger partial charge in [-0.3, -0.25) is 0 Å². The van der Waals surface area contributed by atoms with Crippen LogP contribution in [0.3, 0.4) is 0 Å². The van der Waals surface area contributed by atoms with E-state index in [0.29, 0.717) is 0 Å². The van der Waals surface area contributed by atoms with Gasteiger partial charge in [0.1, 0.15) is 0 Å². The maximum atomic E-state index is 5.98. The predicted molar refractivity (Wildman–Crippen MR) is 113 cm³/mol. The molecule has 5 rings (SSSR count). The minimum Gasteiger partial charge on any atom is -0.402 e. The monoisotopic (exact) mass is 347 g/mol. The molecule has 1 heteroatoms. The van der Waals surface area contributed by atoms with Crippen molar-refractivity contribution >= 4 is 5.57 Å². The van der Waals surface area contributed by atoms with Gasteiger partial charge in [0.25, 0.3) is 0 Å². The van der Waals surface area contributed by atoms with Crippen LogP contribution >= 0.6 is 0 Å². The molecule has 3 aromatic carbocycles. The van der Waals surface area contributed by atoms with Crippen molar-refractivity contribution in [3.05, 3.63) is 125 Å². The van der Waals surface area contributed by atoms with Crippen molar-refractivity contribution < 1.29 is 0 Å². The Morgan fingerprint density at radius 1 is 0.778 bits per heavy atom. The molecule has 27 heavy (non-hydrogen) atoms. The number of hydrogen-bond acceptors (Lipinski definition) is 1. The number of benzene rings is 3. The van der Waals surface area contributed by atoms with Crippen LogP contribution in [0.15, 0.2) is 103 Å². The third kappa shape index (κ3) is 1.94. The van der Waals surface area contributed by atoms with Crippen LogP contribution in [0.2, 0.25) is 0 Å². The molecule has 0 amide bonds. The quantitative estimate of drug-likeness (QED) is 0.590. The number of allylic oxidation sites excluding steroid dienone is 5. The summed E-state index contributed by atoms with van der Waals surface area (Å²) in [4.78, 5) is 0. The lowest BCUT2D eigenvalue weighted by Crippen LogP contribution is -2.25. The van der Waals surface area contributed by atoms with Crippen LogP contribution in [0.1, 0.15) is 29.2 Å². The fourth-order valence-electron chi connectivity index (χ4n) is 4.85. The first-order valence-electron chi connectivity index (χ1n) is 9.28. The molecule has 2 aliphatic carbocycles. The van der Waals surface area contributed by atoms with Crippen molar-refractivity contribution in [2.24, 2.45) is 5.73 Å². The summed E-state index contributed by atoms with van der Waals surface area (Å²) in [5, 5.41) is 0. The molecule has 0 atom stereocenters. The number of fused-ring (bicyclic) bond motifs is 7. The molecule has 0 fully saturated rings. The second-order valence-corrected chi connectivity index (χ2v) is 7.36. The van der Waals surface area contributed by atoms with Gasteiger partial charge in [0.15, 0.2) is 0 Å². The smallest absolute Gasteiger partial charge is 0.0725 e. The molecule has 130 valence electrons. The fourth-order valence-corrected chi connectivity index (χ4v) is 4.85. The first-order chi connectivity index (χ1) is 13.2. The largest absolute Gasteiger partial charge is 0.402 e. The highest BCUT2D eigenvalue weighted by Crippen LogP contribution is 2.63. The van der Waals surface area contributed by atoms with Gasteiger partial charge in [-0.1, -0.05) is 85.5 Å². The van der Waals surface area contributed by atoms with E-state index >= 15 is 0 Å². The van der Waals surface area contributed by atoms with E-state index in [4.69, 9.17) is 5.73 Å². The Hall–Kier alpha value is -3.32. The second kappa shape index (κ2) is 5.59. The third-order valence-corrected chi connectivity index (χ3v) is 5.85. The summed E-state index contributed by atoms with van der Waals surface area (Å²) in [6.45, 7) is 6.40. The SMILES string of the molecule is C=C1/C(=C\C=C(/C)N)C2(c3ccccc31)c1ccccc1-c1ccccc12. The molecular weight excluding hydrogens is 326 g/mol. The third-order valence-electron chi connectivity index (χ3n) is 5.85. The van der Waals surface area contributed by atoms with Gasteiger partial charge in [0.2, 0.25) is 0 Å². The molecule has 0 unspecified atom stereocenters. The Morgan fingerprint density at radius 3 is 1.74 bits per heavy atom. The highest BCUT2D eigenvalue weighted by Gasteiger charge is 2.52. The summed E-state index contributed by atoms with van der Waals surface area (Å²) in [5.74, 6) is 0. The second-order valence-electron chi connectivity index (χ2n) is 7.36. The Labute approximate surface area is 160 Å². The summed E-state index contributed by atoms with van der Waals surface area (Å²) < 4.78 is 0. The van der Waals surface area contributed by atoms with E-state index in [2.05, 4.69) is 85.5 Å². The highest BCUT2D eigenvalue weighted by molar-refractivity contribution is 5.99. The maximum absolute atomic E-state index is 5.98. The van der Waals surface area contributed by atoms with E-state index in [-0.39, 0.29) is 5.41 Å². The molecular formula is C26H21N. The molecule has 0 bridgehead atoms. The fraction of sp³-hybridized carbons (Fsp3) is 0.0769. The lowest BCUT2D eigenvalue weighted by molar-refractivity contribution is 0.794. The molecule has 0 aromatic heterocycles. The molecule has 0 saturated heterocycles. The average molecular weight is 347 g/mol. The van der Waals surface area contributed by atoms with Gasteiger partial charge in [0, 0.05) is 5.70 Å². The summed E-state index contributed by atoms with van der Waals surface area (Å²) in [7, 11) is 0. The molecule has 2 aliphatic rings. The number of rotatable bonds is 1. The van der Waals surface area contributed by atoms with Crippen molar-refractivity contribution in [3.8, 4) is 11.1 Å². The van der Waals surface area contributed by atoms with Crippen molar-refractivity contribution in [3.63, 3.8) is 0 Å². The van der Waals surface area contributed by atoms with E-state index in [1.807, 2.05) is 13.0 Å². The van der Waals surface area contributed by atoms with Crippen LogP contribution in [0.5, 0.6) is 0 Å². The summed E-state index contributed by atoms with van der Waals surface area (Å²) in [6, 6.07) is 26.2. The lowest BCUT2D eigenvalue weighted by atomic mass is 9.70. The summed E-state index contributed by atoms with van der Waals surface area (Å²) in [5.41, 5.74) is 16.5. The van der Waals surface area contributed by atoms with Crippen LogP contribution < -0.4 is 5.73 Å². The van der Waals surface area contributed by atoms with Gasteiger partial charge in [-0.15, -0.1) is 0 Å². The van der Waals surface area contributed by atoms with E-state index in [0.717, 1.165) is 11.3 Å². The maximum Gasteiger partial charge on any atom is 0.0725 e. The van der Waals surface area contributed by atoms with Crippen LogP contribution in [0, 0.1) is 0 Å². The molecule has 0 saturated carbocycles. The van der Waals surface area contributed by atoms with Gasteiger partial charge in [-0.2, -0.15) is 0 Å². The minimum atomic E-state index is -0.327. The average Bonchev–Trinajstić information content (AvgIpc) is 3.13. The molecule has 3 aromatic rings. The Bertz CT molecular complexity index is 1110. The zero-order chi connectivity index (χ0) is 18.6. The van der Waals surface area contributed by atoms with Gasteiger partial charge >= 0.3 is 0 Å². The van der Waals surface area contributed by atoms with Crippen molar-refractivity contribution in [2.45, 2.75) is 12.3 Å². The molecule has 0 radical (unpaired) electrons. The Balaban J connectivity index is 1.98. The molecule has 0 aliphatic heterocycles. The lowest BCUT2D eigenvalue weighted by Gasteiger charge is -2.30. The van der Waals surface area contributed by atoms with Gasteiger partial charge in [0.05, 0.1) is 5.41 Å². The highest BCUT2D eigenvalue weighted by atomic mass is 14.6.